The lowest BCUT2D eigenvalue weighted by Gasteiger charge is -2.30. The molecular formula is C50H86N12O10S. The quantitative estimate of drug-likeness (QED) is 0.0388. The van der Waals surface area contributed by atoms with E-state index in [1.807, 2.05) is 34.0 Å². The number of nitrogens with two attached hydrogens (primary N) is 3. The minimum atomic E-state index is -1.23. The lowest BCUT2D eigenvalue weighted by atomic mass is 9.94. The van der Waals surface area contributed by atoms with Crippen LogP contribution in [0, 0.1) is 17.8 Å². The number of rotatable bonds is 34. The van der Waals surface area contributed by atoms with Gasteiger partial charge in [-0.1, -0.05) is 84.7 Å². The van der Waals surface area contributed by atoms with E-state index in [2.05, 4.69) is 47.9 Å². The van der Waals surface area contributed by atoms with Crippen molar-refractivity contribution in [3.05, 3.63) is 35.9 Å². The van der Waals surface area contributed by atoms with Gasteiger partial charge in [0, 0.05) is 6.42 Å². The highest BCUT2D eigenvalue weighted by Crippen LogP contribution is 2.15. The van der Waals surface area contributed by atoms with Crippen molar-refractivity contribution in [2.75, 3.05) is 18.6 Å². The molecule has 10 amide bonds. The van der Waals surface area contributed by atoms with Crippen LogP contribution in [0.25, 0.3) is 0 Å². The standard InChI is InChI=1S/C50H86N12O10S/c1-12-28(5)39(41(53)63)61-50(72)40(29(6)13-2)62-49(71)38(26-34-19-15-14-16-20-34)60-47(69)36(22-24-73-11)58-48(70)37(25-27(3)4)59-46(68)35(21-17-18-23-51)57-45(67)33(10)56-44(66)32(9)55-43(65)31(8)54-42(64)30(7)52/h14-16,19-20,27-33,35-40H,12-13,17-18,21-26,51-52H2,1-11H3,(H2,53,63)(H,54,64)(H,55,65)(H,56,66)(H,57,67)(H,58,70)(H,59,68)(H,60,69)(H,61,72)(H,62,71)/t28-,29-,30-,31-,32-,33-,35-,36-,37-,38-,39-,40-/m0/s1. The molecule has 23 heteroatoms. The molecule has 412 valence electrons. The van der Waals surface area contributed by atoms with Gasteiger partial charge in [-0.2, -0.15) is 11.8 Å². The molecule has 0 spiro atoms. The van der Waals surface area contributed by atoms with E-state index in [1.54, 1.807) is 44.2 Å². The van der Waals surface area contributed by atoms with Gasteiger partial charge in [-0.15, -0.1) is 0 Å². The van der Waals surface area contributed by atoms with Gasteiger partial charge in [0.2, 0.25) is 59.1 Å². The molecule has 0 aromatic heterocycles. The minimum Gasteiger partial charge on any atom is -0.368 e. The summed E-state index contributed by atoms with van der Waals surface area (Å²) >= 11 is 1.42. The zero-order valence-corrected chi connectivity index (χ0v) is 45.5. The molecule has 0 heterocycles. The molecule has 12 atom stereocenters. The van der Waals surface area contributed by atoms with E-state index in [0.717, 1.165) is 0 Å². The number of hydrogen-bond donors (Lipinski definition) is 12. The Kier molecular flexibility index (Phi) is 30.2. The Balaban J connectivity index is 3.40. The molecule has 0 bridgehead atoms. The number of benzene rings is 1. The monoisotopic (exact) mass is 1050 g/mol. The van der Waals surface area contributed by atoms with Crippen LogP contribution in [0.4, 0.5) is 0 Å². The summed E-state index contributed by atoms with van der Waals surface area (Å²) in [5, 5.41) is 24.0. The van der Waals surface area contributed by atoms with Crippen LogP contribution in [0.15, 0.2) is 30.3 Å². The summed E-state index contributed by atoms with van der Waals surface area (Å²) in [6, 6.07) is -2.12. The van der Waals surface area contributed by atoms with Crippen molar-refractivity contribution in [1.82, 2.24) is 47.9 Å². The van der Waals surface area contributed by atoms with Crippen LogP contribution >= 0.6 is 11.8 Å². The summed E-state index contributed by atoms with van der Waals surface area (Å²) in [4.78, 5) is 134. The van der Waals surface area contributed by atoms with Crippen molar-refractivity contribution >= 4 is 70.8 Å². The Morgan fingerprint density at radius 3 is 1.41 bits per heavy atom. The maximum Gasteiger partial charge on any atom is 0.243 e. The van der Waals surface area contributed by atoms with E-state index in [4.69, 9.17) is 17.2 Å². The van der Waals surface area contributed by atoms with Gasteiger partial charge >= 0.3 is 0 Å². The summed E-state index contributed by atoms with van der Waals surface area (Å²) in [5.74, 6) is -7.15. The van der Waals surface area contributed by atoms with Crippen LogP contribution in [0.3, 0.4) is 0 Å². The Hall–Kier alpha value is -5.81. The number of thioether (sulfide) groups is 1. The van der Waals surface area contributed by atoms with Crippen molar-refractivity contribution in [3.8, 4) is 0 Å². The number of nitrogens with one attached hydrogen (secondary N) is 9. The van der Waals surface area contributed by atoms with Crippen molar-refractivity contribution in [1.29, 1.82) is 0 Å². The summed E-state index contributed by atoms with van der Waals surface area (Å²) in [6.45, 7) is 16.9. The molecule has 15 N–H and O–H groups in total. The molecule has 1 aromatic carbocycles. The van der Waals surface area contributed by atoms with Crippen molar-refractivity contribution in [3.63, 3.8) is 0 Å². The van der Waals surface area contributed by atoms with Gasteiger partial charge in [0.1, 0.15) is 54.4 Å². The lowest BCUT2D eigenvalue weighted by Crippen LogP contribution is -2.61. The van der Waals surface area contributed by atoms with Gasteiger partial charge in [-0.05, 0) is 102 Å². The normalized spacial score (nSPS) is 16.1. The molecular weight excluding hydrogens is 961 g/mol. The van der Waals surface area contributed by atoms with E-state index in [-0.39, 0.29) is 37.5 Å². The summed E-state index contributed by atoms with van der Waals surface area (Å²) in [5.41, 5.74) is 17.6. The number of hydrogen-bond acceptors (Lipinski definition) is 13. The zero-order chi connectivity index (χ0) is 55.5. The van der Waals surface area contributed by atoms with E-state index >= 15 is 0 Å². The Morgan fingerprint density at radius 2 is 0.932 bits per heavy atom. The van der Waals surface area contributed by atoms with Crippen molar-refractivity contribution in [2.24, 2.45) is 35.0 Å². The van der Waals surface area contributed by atoms with E-state index in [0.29, 0.717) is 43.5 Å². The maximum absolute atomic E-state index is 14.3. The number of unbranched alkanes of at least 4 members (excludes halogenated alkanes) is 1. The van der Waals surface area contributed by atoms with Crippen LogP contribution in [0.2, 0.25) is 0 Å². The molecule has 1 rings (SSSR count). The summed E-state index contributed by atoms with van der Waals surface area (Å²) in [7, 11) is 0. The summed E-state index contributed by atoms with van der Waals surface area (Å²) < 4.78 is 0. The highest BCUT2D eigenvalue weighted by molar-refractivity contribution is 7.98. The van der Waals surface area contributed by atoms with Gasteiger partial charge in [0.05, 0.1) is 6.04 Å². The van der Waals surface area contributed by atoms with Gasteiger partial charge in [-0.3, -0.25) is 47.9 Å². The Bertz CT molecular complexity index is 1980. The van der Waals surface area contributed by atoms with E-state index in [9.17, 15) is 47.9 Å². The van der Waals surface area contributed by atoms with Crippen LogP contribution in [0.5, 0.6) is 0 Å². The molecule has 0 saturated carbocycles. The first-order valence-corrected chi connectivity index (χ1v) is 26.7. The molecule has 0 aliphatic rings. The molecule has 0 aliphatic carbocycles. The van der Waals surface area contributed by atoms with Crippen molar-refractivity contribution in [2.45, 2.75) is 181 Å². The number of carbonyl (C=O) groups is 10. The first-order chi connectivity index (χ1) is 34.3. The Morgan fingerprint density at radius 1 is 0.507 bits per heavy atom. The molecule has 0 saturated heterocycles. The highest BCUT2D eigenvalue weighted by Gasteiger charge is 2.36. The molecule has 73 heavy (non-hydrogen) atoms. The SMILES string of the molecule is CC[C@H](C)[C@H](NC(=O)[C@@H](NC(=O)[C@H](Cc1ccccc1)NC(=O)[C@H](CCSC)NC(=O)[C@H](CC(C)C)NC(=O)[C@H](CCCCN)NC(=O)[C@H](C)NC(=O)[C@H](C)NC(=O)[C@H](C)NC(=O)[C@H](C)N)[C@@H](C)CC)C(N)=O. The molecule has 0 fully saturated rings. The molecule has 0 radical (unpaired) electrons. The van der Waals surface area contributed by atoms with Crippen molar-refractivity contribution < 1.29 is 47.9 Å². The molecule has 0 aliphatic heterocycles. The predicted molar refractivity (Wildman–Crippen MR) is 282 cm³/mol. The van der Waals surface area contributed by atoms with Crippen LogP contribution in [-0.4, -0.2) is 138 Å². The number of amides is 10. The van der Waals surface area contributed by atoms with Crippen LogP contribution in [0.1, 0.15) is 120 Å². The Labute approximate surface area is 435 Å². The first-order valence-electron chi connectivity index (χ1n) is 25.3. The van der Waals surface area contributed by atoms with Gasteiger partial charge < -0.3 is 65.1 Å². The van der Waals surface area contributed by atoms with E-state index < -0.39 is 125 Å². The third-order valence-electron chi connectivity index (χ3n) is 12.4. The topological polar surface area (TPSA) is 357 Å². The maximum atomic E-state index is 14.3. The molecule has 0 unspecified atom stereocenters. The largest absolute Gasteiger partial charge is 0.368 e. The second kappa shape index (κ2) is 33.8. The second-order valence-corrected chi connectivity index (χ2v) is 20.2. The third-order valence-corrected chi connectivity index (χ3v) is 13.0. The highest BCUT2D eigenvalue weighted by atomic mass is 32.2. The van der Waals surface area contributed by atoms with Gasteiger partial charge in [-0.25, -0.2) is 0 Å². The van der Waals surface area contributed by atoms with Crippen LogP contribution < -0.4 is 65.1 Å². The first kappa shape index (κ1) is 65.2. The zero-order valence-electron chi connectivity index (χ0n) is 44.7. The van der Waals surface area contributed by atoms with Crippen LogP contribution in [-0.2, 0) is 54.4 Å². The fourth-order valence-corrected chi connectivity index (χ4v) is 7.76. The smallest absolute Gasteiger partial charge is 0.243 e. The predicted octanol–water partition coefficient (Wildman–Crippen LogP) is -0.495. The second-order valence-electron chi connectivity index (χ2n) is 19.3. The third kappa shape index (κ3) is 23.7. The number of carbonyl (C=O) groups excluding carboxylic acids is 10. The average Bonchev–Trinajstić information content (AvgIpc) is 3.34. The lowest BCUT2D eigenvalue weighted by molar-refractivity contribution is -0.136. The summed E-state index contributed by atoms with van der Waals surface area (Å²) in [6.07, 6.45) is 4.20. The van der Waals surface area contributed by atoms with Gasteiger partial charge in [0.15, 0.2) is 0 Å². The van der Waals surface area contributed by atoms with Gasteiger partial charge in [0.25, 0.3) is 0 Å². The van der Waals surface area contributed by atoms with E-state index in [1.165, 1.54) is 39.5 Å². The fourth-order valence-electron chi connectivity index (χ4n) is 7.29. The number of primary amides is 1. The molecule has 22 nitrogen and oxygen atoms in total. The molecule has 1 aromatic rings. The fraction of sp³-hybridized carbons (Fsp3) is 0.680. The average molecular weight is 1050 g/mol. The minimum absolute atomic E-state index is 0.0175.